The van der Waals surface area contributed by atoms with Gasteiger partial charge < -0.3 is 25.0 Å². The van der Waals surface area contributed by atoms with Crippen LogP contribution in [0, 0.1) is 0 Å². The Morgan fingerprint density at radius 2 is 1.96 bits per heavy atom. The molecule has 1 aromatic rings. The Balaban J connectivity index is 2.12. The molecule has 8 heteroatoms. The Bertz CT molecular complexity index is 656. The molecule has 0 bridgehead atoms. The van der Waals surface area contributed by atoms with E-state index in [-0.39, 0.29) is 18.9 Å². The number of hydrogen-bond acceptors (Lipinski definition) is 4. The predicted octanol–water partition coefficient (Wildman–Crippen LogP) is 1.87. The molecular formula is C17H23N3O5. The molecule has 2 N–H and O–H groups in total. The normalized spacial score (nSPS) is 13.4. The highest BCUT2D eigenvalue weighted by Crippen LogP contribution is 2.27. The van der Waals surface area contributed by atoms with Crippen molar-refractivity contribution in [1.29, 1.82) is 0 Å². The van der Waals surface area contributed by atoms with E-state index in [1.54, 1.807) is 23.1 Å². The minimum atomic E-state index is -0.976. The third-order valence-corrected chi connectivity index (χ3v) is 4.09. The third kappa shape index (κ3) is 4.85. The molecule has 0 aliphatic carbocycles. The lowest BCUT2D eigenvalue weighted by Crippen LogP contribution is -2.33. The summed E-state index contributed by atoms with van der Waals surface area (Å²) in [4.78, 5) is 38.4. The van der Waals surface area contributed by atoms with Gasteiger partial charge in [0.05, 0.1) is 19.2 Å². The zero-order valence-electron chi connectivity index (χ0n) is 14.4. The molecule has 1 aliphatic rings. The van der Waals surface area contributed by atoms with Crippen molar-refractivity contribution in [1.82, 2.24) is 9.80 Å². The number of benzene rings is 1. The molecule has 1 heterocycles. The van der Waals surface area contributed by atoms with Gasteiger partial charge in [-0.2, -0.15) is 0 Å². The SMILES string of the molecule is COc1ccc(C(=O)N2CCCC2)cc1NC(=O)N(C)CCC(=O)O. The van der Waals surface area contributed by atoms with Gasteiger partial charge in [-0.1, -0.05) is 0 Å². The quantitative estimate of drug-likeness (QED) is 0.817. The van der Waals surface area contributed by atoms with Gasteiger partial charge >= 0.3 is 12.0 Å². The average Bonchev–Trinajstić information content (AvgIpc) is 3.13. The summed E-state index contributed by atoms with van der Waals surface area (Å²) in [5.41, 5.74) is 0.853. The fourth-order valence-electron chi connectivity index (χ4n) is 2.62. The number of amides is 3. The zero-order valence-corrected chi connectivity index (χ0v) is 14.4. The molecule has 0 radical (unpaired) electrons. The second kappa shape index (κ2) is 8.36. The van der Waals surface area contributed by atoms with Crippen LogP contribution in [-0.2, 0) is 4.79 Å². The van der Waals surface area contributed by atoms with Crippen molar-refractivity contribution in [2.75, 3.05) is 39.1 Å². The molecule has 0 unspecified atom stereocenters. The number of methoxy groups -OCH3 is 1. The van der Waals surface area contributed by atoms with Gasteiger partial charge in [-0.15, -0.1) is 0 Å². The second-order valence-corrected chi connectivity index (χ2v) is 5.91. The highest BCUT2D eigenvalue weighted by molar-refractivity contribution is 5.98. The maximum Gasteiger partial charge on any atom is 0.321 e. The fourth-order valence-corrected chi connectivity index (χ4v) is 2.62. The number of carboxylic acid groups (broad SMARTS) is 1. The molecule has 2 rings (SSSR count). The van der Waals surface area contributed by atoms with Crippen LogP contribution in [0.25, 0.3) is 0 Å². The standard InChI is InChI=1S/C17H23N3O5/c1-19(10-7-15(21)22)17(24)18-13-11-12(5-6-14(13)25-2)16(23)20-8-3-4-9-20/h5-6,11H,3-4,7-10H2,1-2H3,(H,18,24)(H,21,22). The fraction of sp³-hybridized carbons (Fsp3) is 0.471. The van der Waals surface area contributed by atoms with E-state index in [1.165, 1.54) is 19.1 Å². The molecule has 0 spiro atoms. The van der Waals surface area contributed by atoms with Gasteiger partial charge in [0.15, 0.2) is 0 Å². The van der Waals surface area contributed by atoms with E-state index in [0.717, 1.165) is 25.9 Å². The number of anilines is 1. The van der Waals surface area contributed by atoms with E-state index in [1.807, 2.05) is 0 Å². The van der Waals surface area contributed by atoms with Gasteiger partial charge in [0.1, 0.15) is 5.75 Å². The monoisotopic (exact) mass is 349 g/mol. The predicted molar refractivity (Wildman–Crippen MR) is 92.0 cm³/mol. The Morgan fingerprint density at radius 3 is 2.56 bits per heavy atom. The van der Waals surface area contributed by atoms with E-state index in [9.17, 15) is 14.4 Å². The van der Waals surface area contributed by atoms with Crippen LogP contribution in [0.2, 0.25) is 0 Å². The summed E-state index contributed by atoms with van der Waals surface area (Å²) in [5.74, 6) is -0.622. The highest BCUT2D eigenvalue weighted by atomic mass is 16.5. The summed E-state index contributed by atoms with van der Waals surface area (Å²) >= 11 is 0. The van der Waals surface area contributed by atoms with Crippen molar-refractivity contribution >= 4 is 23.6 Å². The Hall–Kier alpha value is -2.77. The smallest absolute Gasteiger partial charge is 0.321 e. The minimum Gasteiger partial charge on any atom is -0.495 e. The summed E-state index contributed by atoms with van der Waals surface area (Å²) in [7, 11) is 2.98. The first-order valence-corrected chi connectivity index (χ1v) is 8.13. The number of aliphatic carboxylic acids is 1. The third-order valence-electron chi connectivity index (χ3n) is 4.09. The summed E-state index contributed by atoms with van der Waals surface area (Å²) in [6.07, 6.45) is 1.86. The van der Waals surface area contributed by atoms with Gasteiger partial charge in [0.25, 0.3) is 5.91 Å². The maximum absolute atomic E-state index is 12.5. The van der Waals surface area contributed by atoms with E-state index < -0.39 is 12.0 Å². The second-order valence-electron chi connectivity index (χ2n) is 5.91. The van der Waals surface area contributed by atoms with Crippen LogP contribution < -0.4 is 10.1 Å². The van der Waals surface area contributed by atoms with Crippen LogP contribution in [0.15, 0.2) is 18.2 Å². The maximum atomic E-state index is 12.5. The molecule has 0 atom stereocenters. The number of likely N-dealkylation sites (tertiary alicyclic amines) is 1. The molecule has 1 aromatic carbocycles. The molecule has 25 heavy (non-hydrogen) atoms. The molecule has 1 aliphatic heterocycles. The molecule has 8 nitrogen and oxygen atoms in total. The summed E-state index contributed by atoms with van der Waals surface area (Å²) in [6, 6.07) is 4.42. The number of urea groups is 1. The molecular weight excluding hydrogens is 326 g/mol. The van der Waals surface area contributed by atoms with Crippen LogP contribution in [0.3, 0.4) is 0 Å². The molecule has 0 aromatic heterocycles. The first-order valence-electron chi connectivity index (χ1n) is 8.13. The van der Waals surface area contributed by atoms with E-state index in [2.05, 4.69) is 5.32 Å². The number of rotatable bonds is 6. The number of nitrogens with one attached hydrogen (secondary N) is 1. The molecule has 1 fully saturated rings. The summed E-state index contributed by atoms with van der Waals surface area (Å²) < 4.78 is 5.23. The Kier molecular flexibility index (Phi) is 6.21. The molecule has 1 saturated heterocycles. The van der Waals surface area contributed by atoms with Gasteiger partial charge in [-0.25, -0.2) is 4.79 Å². The van der Waals surface area contributed by atoms with Crippen LogP contribution >= 0.6 is 0 Å². The number of hydrogen-bond donors (Lipinski definition) is 2. The van der Waals surface area contributed by atoms with Gasteiger partial charge in [0.2, 0.25) is 0 Å². The van der Waals surface area contributed by atoms with Crippen LogP contribution in [0.5, 0.6) is 5.75 Å². The number of carbonyl (C=O) groups excluding carboxylic acids is 2. The highest BCUT2D eigenvalue weighted by Gasteiger charge is 2.21. The van der Waals surface area contributed by atoms with E-state index in [0.29, 0.717) is 17.0 Å². The lowest BCUT2D eigenvalue weighted by atomic mass is 10.1. The largest absolute Gasteiger partial charge is 0.495 e. The van der Waals surface area contributed by atoms with Crippen LogP contribution in [-0.4, -0.2) is 66.6 Å². The first-order chi connectivity index (χ1) is 11.9. The lowest BCUT2D eigenvalue weighted by molar-refractivity contribution is -0.137. The van der Waals surface area contributed by atoms with Crippen molar-refractivity contribution in [2.24, 2.45) is 0 Å². The summed E-state index contributed by atoms with van der Waals surface area (Å²) in [5, 5.41) is 11.4. The van der Waals surface area contributed by atoms with Crippen molar-refractivity contribution in [3.8, 4) is 5.75 Å². The average molecular weight is 349 g/mol. The Labute approximate surface area is 146 Å². The van der Waals surface area contributed by atoms with Crippen molar-refractivity contribution in [2.45, 2.75) is 19.3 Å². The van der Waals surface area contributed by atoms with Crippen molar-refractivity contribution in [3.05, 3.63) is 23.8 Å². The van der Waals surface area contributed by atoms with E-state index >= 15 is 0 Å². The van der Waals surface area contributed by atoms with Gasteiger partial charge in [0, 0.05) is 32.2 Å². The molecule has 0 saturated carbocycles. The number of ether oxygens (including phenoxy) is 1. The van der Waals surface area contributed by atoms with Crippen molar-refractivity contribution in [3.63, 3.8) is 0 Å². The topological polar surface area (TPSA) is 99.2 Å². The summed E-state index contributed by atoms with van der Waals surface area (Å²) in [6.45, 7) is 1.56. The van der Waals surface area contributed by atoms with Gasteiger partial charge in [-0.3, -0.25) is 9.59 Å². The lowest BCUT2D eigenvalue weighted by Gasteiger charge is -2.20. The number of carboxylic acids is 1. The van der Waals surface area contributed by atoms with Gasteiger partial charge in [-0.05, 0) is 31.0 Å². The number of nitrogens with zero attached hydrogens (tertiary/aromatic N) is 2. The van der Waals surface area contributed by atoms with E-state index in [4.69, 9.17) is 9.84 Å². The van der Waals surface area contributed by atoms with Crippen LogP contribution in [0.1, 0.15) is 29.6 Å². The number of carbonyl (C=O) groups is 3. The van der Waals surface area contributed by atoms with Crippen LogP contribution in [0.4, 0.5) is 10.5 Å². The first kappa shape index (κ1) is 18.6. The Morgan fingerprint density at radius 1 is 1.28 bits per heavy atom. The minimum absolute atomic E-state index is 0.0742. The zero-order chi connectivity index (χ0) is 18.4. The molecule has 136 valence electrons. The van der Waals surface area contributed by atoms with Crippen molar-refractivity contribution < 1.29 is 24.2 Å². The molecule has 3 amide bonds.